The van der Waals surface area contributed by atoms with Gasteiger partial charge in [0, 0.05) is 14.8 Å². The Labute approximate surface area is 189 Å². The molecule has 150 valence electrons. The first-order valence-electron chi connectivity index (χ1n) is 9.36. The summed E-state index contributed by atoms with van der Waals surface area (Å²) in [6.45, 7) is 4.12. The van der Waals surface area contributed by atoms with Crippen LogP contribution in [0.1, 0.15) is 16.7 Å². The Morgan fingerprint density at radius 1 is 0.933 bits per heavy atom. The second-order valence-electron chi connectivity index (χ2n) is 6.88. The number of aryl methyl sites for hydroxylation is 2. The number of amidine groups is 1. The number of nitrogens with zero attached hydrogens (tertiary/aromatic N) is 1. The van der Waals surface area contributed by atoms with Crippen molar-refractivity contribution in [2.45, 2.75) is 23.6 Å². The molecule has 1 N–H and O–H groups in total. The van der Waals surface area contributed by atoms with Gasteiger partial charge in [0.1, 0.15) is 0 Å². The fourth-order valence-corrected chi connectivity index (χ4v) is 4.60. The van der Waals surface area contributed by atoms with E-state index in [2.05, 4.69) is 24.2 Å². The van der Waals surface area contributed by atoms with Gasteiger partial charge >= 0.3 is 0 Å². The summed E-state index contributed by atoms with van der Waals surface area (Å²) in [6.07, 6.45) is 1.89. The highest BCUT2D eigenvalue weighted by Crippen LogP contribution is 2.31. The zero-order chi connectivity index (χ0) is 21.1. The zero-order valence-corrected chi connectivity index (χ0v) is 18.9. The number of aliphatic imine (C=N–C) groups is 1. The third kappa shape index (κ3) is 5.17. The van der Waals surface area contributed by atoms with Gasteiger partial charge in [-0.25, -0.2) is 4.99 Å². The lowest BCUT2D eigenvalue weighted by atomic mass is 10.1. The summed E-state index contributed by atoms with van der Waals surface area (Å²) in [4.78, 5) is 19.8. The van der Waals surface area contributed by atoms with Gasteiger partial charge in [0.2, 0.25) is 0 Å². The van der Waals surface area contributed by atoms with Crippen LogP contribution in [0.4, 0.5) is 5.69 Å². The van der Waals surface area contributed by atoms with E-state index in [-0.39, 0.29) is 5.91 Å². The van der Waals surface area contributed by atoms with Crippen molar-refractivity contribution in [3.05, 3.63) is 93.3 Å². The number of thioether (sulfide) groups is 1. The number of rotatable bonds is 4. The molecule has 1 amide bonds. The summed E-state index contributed by atoms with van der Waals surface area (Å²) in [7, 11) is 0. The molecule has 3 aromatic carbocycles. The normalized spacial score (nSPS) is 16.3. The number of amides is 1. The van der Waals surface area contributed by atoms with Crippen molar-refractivity contribution in [1.82, 2.24) is 5.32 Å². The molecule has 0 aromatic heterocycles. The second kappa shape index (κ2) is 9.13. The fraction of sp³-hybridized carbons (Fsp3) is 0.0833. The molecule has 0 spiro atoms. The molecule has 1 heterocycles. The molecule has 3 aromatic rings. The Hall–Kier alpha value is -2.47. The van der Waals surface area contributed by atoms with Gasteiger partial charge in [-0.2, -0.15) is 0 Å². The minimum atomic E-state index is -0.123. The average molecular weight is 451 g/mol. The predicted molar refractivity (Wildman–Crippen MR) is 129 cm³/mol. The first-order chi connectivity index (χ1) is 14.5. The Balaban J connectivity index is 1.46. The van der Waals surface area contributed by atoms with Crippen LogP contribution in [0.15, 0.2) is 86.4 Å². The van der Waals surface area contributed by atoms with E-state index >= 15 is 0 Å². The lowest BCUT2D eigenvalue weighted by molar-refractivity contribution is -0.115. The van der Waals surface area contributed by atoms with Crippen molar-refractivity contribution in [2.75, 3.05) is 0 Å². The van der Waals surface area contributed by atoms with Gasteiger partial charge in [-0.05, 0) is 96.9 Å². The van der Waals surface area contributed by atoms with Crippen LogP contribution >= 0.6 is 35.1 Å². The Kier molecular flexibility index (Phi) is 6.32. The van der Waals surface area contributed by atoms with Crippen LogP contribution in [0.2, 0.25) is 5.02 Å². The van der Waals surface area contributed by atoms with E-state index in [4.69, 9.17) is 11.6 Å². The largest absolute Gasteiger partial charge is 0.300 e. The molecule has 0 bridgehead atoms. The molecule has 1 fully saturated rings. The zero-order valence-electron chi connectivity index (χ0n) is 16.5. The monoisotopic (exact) mass is 450 g/mol. The first kappa shape index (κ1) is 20.8. The Morgan fingerprint density at radius 3 is 2.27 bits per heavy atom. The van der Waals surface area contributed by atoms with Crippen molar-refractivity contribution in [3.63, 3.8) is 0 Å². The molecule has 0 unspecified atom stereocenters. The van der Waals surface area contributed by atoms with E-state index in [9.17, 15) is 4.79 Å². The minimum absolute atomic E-state index is 0.123. The highest BCUT2D eigenvalue weighted by molar-refractivity contribution is 8.18. The van der Waals surface area contributed by atoms with Crippen LogP contribution in [0, 0.1) is 13.8 Å². The summed E-state index contributed by atoms with van der Waals surface area (Å²) >= 11 is 8.97. The molecule has 4 rings (SSSR count). The van der Waals surface area contributed by atoms with Crippen molar-refractivity contribution < 1.29 is 4.79 Å². The van der Waals surface area contributed by atoms with Crippen molar-refractivity contribution >= 4 is 58.0 Å². The molecule has 6 heteroatoms. The van der Waals surface area contributed by atoms with Crippen molar-refractivity contribution in [1.29, 1.82) is 0 Å². The quantitative estimate of drug-likeness (QED) is 0.435. The molecule has 0 aliphatic carbocycles. The van der Waals surface area contributed by atoms with Crippen molar-refractivity contribution in [2.24, 2.45) is 4.99 Å². The maximum absolute atomic E-state index is 12.3. The molecule has 0 atom stereocenters. The standard InChI is InChI=1S/C24H19ClN2OS2/c1-15-3-8-19(13-16(15)2)26-24-27-23(28)22(30-24)14-17-4-9-20(10-5-17)29-21-11-6-18(25)7-12-21/h3-14H,1-2H3,(H,26,27,28). The van der Waals surface area contributed by atoms with Gasteiger partial charge < -0.3 is 5.32 Å². The maximum Gasteiger partial charge on any atom is 0.264 e. The molecule has 1 aliphatic heterocycles. The highest BCUT2D eigenvalue weighted by atomic mass is 35.5. The molecule has 0 saturated carbocycles. The Morgan fingerprint density at radius 2 is 1.60 bits per heavy atom. The smallest absolute Gasteiger partial charge is 0.264 e. The molecule has 0 radical (unpaired) electrons. The van der Waals surface area contributed by atoms with Gasteiger partial charge in [0.05, 0.1) is 10.6 Å². The topological polar surface area (TPSA) is 41.5 Å². The van der Waals surface area contributed by atoms with E-state index < -0.39 is 0 Å². The molecule has 1 aliphatic rings. The third-order valence-corrected chi connectivity index (χ3v) is 6.78. The number of hydrogen-bond acceptors (Lipinski definition) is 4. The SMILES string of the molecule is Cc1ccc(N=C2NC(=O)C(=Cc3ccc(Sc4ccc(Cl)cc4)cc3)S2)cc1C. The molecule has 30 heavy (non-hydrogen) atoms. The summed E-state index contributed by atoms with van der Waals surface area (Å²) in [5.74, 6) is -0.123. The first-order valence-corrected chi connectivity index (χ1v) is 11.4. The molecule has 3 nitrogen and oxygen atoms in total. The van der Waals surface area contributed by atoms with Crippen LogP contribution in [0.25, 0.3) is 6.08 Å². The fourth-order valence-electron chi connectivity index (χ4n) is 2.82. The van der Waals surface area contributed by atoms with E-state index in [0.29, 0.717) is 10.1 Å². The van der Waals surface area contributed by atoms with Crippen LogP contribution in [0.3, 0.4) is 0 Å². The van der Waals surface area contributed by atoms with Gasteiger partial charge in [-0.3, -0.25) is 4.79 Å². The highest BCUT2D eigenvalue weighted by Gasteiger charge is 2.23. The molecular weight excluding hydrogens is 432 g/mol. The van der Waals surface area contributed by atoms with E-state index in [0.717, 1.165) is 26.1 Å². The number of benzene rings is 3. The van der Waals surface area contributed by atoms with Crippen LogP contribution in [-0.2, 0) is 4.79 Å². The summed E-state index contributed by atoms with van der Waals surface area (Å²) in [6, 6.07) is 21.9. The minimum Gasteiger partial charge on any atom is -0.300 e. The summed E-state index contributed by atoms with van der Waals surface area (Å²) in [5.41, 5.74) is 4.21. The number of halogens is 1. The van der Waals surface area contributed by atoms with Gasteiger partial charge in [-0.1, -0.05) is 41.6 Å². The average Bonchev–Trinajstić information content (AvgIpc) is 3.07. The van der Waals surface area contributed by atoms with Crippen LogP contribution < -0.4 is 5.32 Å². The third-order valence-electron chi connectivity index (χ3n) is 4.60. The van der Waals surface area contributed by atoms with Gasteiger partial charge in [-0.15, -0.1) is 0 Å². The summed E-state index contributed by atoms with van der Waals surface area (Å²) in [5, 5.41) is 4.18. The lowest BCUT2D eigenvalue weighted by Gasteiger charge is -2.03. The van der Waals surface area contributed by atoms with Gasteiger partial charge in [0.25, 0.3) is 5.91 Å². The Bertz CT molecular complexity index is 1150. The maximum atomic E-state index is 12.3. The van der Waals surface area contributed by atoms with Gasteiger partial charge in [0.15, 0.2) is 5.17 Å². The number of carbonyl (C=O) groups excluding carboxylic acids is 1. The number of hydrogen-bond donors (Lipinski definition) is 1. The number of carbonyl (C=O) groups is 1. The van der Waals surface area contributed by atoms with E-state index in [1.807, 2.05) is 72.8 Å². The van der Waals surface area contributed by atoms with Crippen molar-refractivity contribution in [3.8, 4) is 0 Å². The van der Waals surface area contributed by atoms with E-state index in [1.165, 1.54) is 22.9 Å². The van der Waals surface area contributed by atoms with Crippen LogP contribution in [0.5, 0.6) is 0 Å². The van der Waals surface area contributed by atoms with Crippen LogP contribution in [-0.4, -0.2) is 11.1 Å². The second-order valence-corrected chi connectivity index (χ2v) is 9.49. The molecule has 1 saturated heterocycles. The summed E-state index contributed by atoms with van der Waals surface area (Å²) < 4.78 is 0. The number of nitrogens with one attached hydrogen (secondary N) is 1. The van der Waals surface area contributed by atoms with E-state index in [1.54, 1.807) is 11.8 Å². The predicted octanol–water partition coefficient (Wildman–Crippen LogP) is 7.00. The lowest BCUT2D eigenvalue weighted by Crippen LogP contribution is -2.19. The molecular formula is C24H19ClN2OS2.